The fourth-order valence-electron chi connectivity index (χ4n) is 2.89. The molecule has 0 saturated heterocycles. The van der Waals surface area contributed by atoms with Gasteiger partial charge in [0.05, 0.1) is 18.1 Å². The van der Waals surface area contributed by atoms with Crippen molar-refractivity contribution in [2.75, 3.05) is 19.0 Å². The van der Waals surface area contributed by atoms with Gasteiger partial charge >= 0.3 is 0 Å². The SMILES string of the molecule is C[C@H](NC(=O)CSc1nnc(-c2ccco2)n1C)c1ccc2c(c1)OCCO2. The molecule has 1 aliphatic rings. The lowest BCUT2D eigenvalue weighted by Gasteiger charge is -2.21. The third-order valence-electron chi connectivity index (χ3n) is 4.35. The fraction of sp³-hybridized carbons (Fsp3) is 0.316. The van der Waals surface area contributed by atoms with Crippen molar-refractivity contribution < 1.29 is 18.7 Å². The lowest BCUT2D eigenvalue weighted by Crippen LogP contribution is -2.28. The number of hydrogen-bond donors (Lipinski definition) is 1. The monoisotopic (exact) mass is 400 g/mol. The molecule has 28 heavy (non-hydrogen) atoms. The Morgan fingerprint density at radius 2 is 2.07 bits per heavy atom. The van der Waals surface area contributed by atoms with E-state index < -0.39 is 0 Å². The number of carbonyl (C=O) groups excluding carboxylic acids is 1. The number of nitrogens with one attached hydrogen (secondary N) is 1. The van der Waals surface area contributed by atoms with Gasteiger partial charge in [-0.2, -0.15) is 0 Å². The van der Waals surface area contributed by atoms with Crippen LogP contribution in [0.25, 0.3) is 11.6 Å². The van der Waals surface area contributed by atoms with Crippen molar-refractivity contribution in [2.24, 2.45) is 7.05 Å². The van der Waals surface area contributed by atoms with E-state index in [0.717, 1.165) is 11.3 Å². The van der Waals surface area contributed by atoms with Crippen molar-refractivity contribution in [3.05, 3.63) is 42.2 Å². The molecular weight excluding hydrogens is 380 g/mol. The van der Waals surface area contributed by atoms with Crippen molar-refractivity contribution >= 4 is 17.7 Å². The summed E-state index contributed by atoms with van der Waals surface area (Å²) in [5.41, 5.74) is 0.960. The number of furan rings is 1. The Labute approximate surface area is 166 Å². The van der Waals surface area contributed by atoms with Crippen LogP contribution in [0.2, 0.25) is 0 Å². The Kier molecular flexibility index (Phi) is 5.25. The van der Waals surface area contributed by atoms with Crippen molar-refractivity contribution in [2.45, 2.75) is 18.1 Å². The Morgan fingerprint density at radius 1 is 1.25 bits per heavy atom. The summed E-state index contributed by atoms with van der Waals surface area (Å²) in [5.74, 6) is 2.85. The molecule has 9 heteroatoms. The zero-order chi connectivity index (χ0) is 19.5. The second kappa shape index (κ2) is 7.97. The molecule has 0 unspecified atom stereocenters. The van der Waals surface area contributed by atoms with Crippen LogP contribution in [0, 0.1) is 0 Å². The molecule has 0 spiro atoms. The molecule has 0 bridgehead atoms. The van der Waals surface area contributed by atoms with Gasteiger partial charge in [0.1, 0.15) is 13.2 Å². The summed E-state index contributed by atoms with van der Waals surface area (Å²) in [4.78, 5) is 12.4. The highest BCUT2D eigenvalue weighted by Crippen LogP contribution is 2.32. The van der Waals surface area contributed by atoms with Gasteiger partial charge in [-0.25, -0.2) is 0 Å². The van der Waals surface area contributed by atoms with Gasteiger partial charge in [0.15, 0.2) is 28.2 Å². The fourth-order valence-corrected chi connectivity index (χ4v) is 3.61. The molecule has 3 heterocycles. The first-order valence-corrected chi connectivity index (χ1v) is 9.85. The zero-order valence-corrected chi connectivity index (χ0v) is 16.4. The van der Waals surface area contributed by atoms with Gasteiger partial charge in [0.25, 0.3) is 0 Å². The highest BCUT2D eigenvalue weighted by molar-refractivity contribution is 7.99. The van der Waals surface area contributed by atoms with Crippen LogP contribution in [-0.2, 0) is 11.8 Å². The highest BCUT2D eigenvalue weighted by atomic mass is 32.2. The van der Waals surface area contributed by atoms with E-state index in [1.165, 1.54) is 11.8 Å². The van der Waals surface area contributed by atoms with Crippen molar-refractivity contribution in [1.82, 2.24) is 20.1 Å². The minimum atomic E-state index is -0.151. The minimum Gasteiger partial charge on any atom is -0.486 e. The number of thioether (sulfide) groups is 1. The summed E-state index contributed by atoms with van der Waals surface area (Å²) >= 11 is 1.32. The number of nitrogens with zero attached hydrogens (tertiary/aromatic N) is 3. The second-order valence-electron chi connectivity index (χ2n) is 6.32. The Balaban J connectivity index is 1.35. The van der Waals surface area contributed by atoms with Gasteiger partial charge < -0.3 is 23.8 Å². The molecule has 3 aromatic rings. The van der Waals surface area contributed by atoms with Crippen LogP contribution in [0.3, 0.4) is 0 Å². The molecule has 0 aliphatic carbocycles. The van der Waals surface area contributed by atoms with E-state index in [4.69, 9.17) is 13.9 Å². The molecule has 0 saturated carbocycles. The molecule has 146 valence electrons. The Bertz CT molecular complexity index is 970. The quantitative estimate of drug-likeness (QED) is 0.636. The molecular formula is C19H20N4O4S. The lowest BCUT2D eigenvalue weighted by molar-refractivity contribution is -0.119. The number of rotatable bonds is 6. The largest absolute Gasteiger partial charge is 0.486 e. The van der Waals surface area contributed by atoms with Crippen LogP contribution in [0.15, 0.2) is 46.2 Å². The van der Waals surface area contributed by atoms with Crippen LogP contribution in [0.1, 0.15) is 18.5 Å². The average Bonchev–Trinajstić information content (AvgIpc) is 3.35. The van der Waals surface area contributed by atoms with Gasteiger partial charge in [-0.15, -0.1) is 10.2 Å². The van der Waals surface area contributed by atoms with Crippen LogP contribution < -0.4 is 14.8 Å². The van der Waals surface area contributed by atoms with E-state index >= 15 is 0 Å². The summed E-state index contributed by atoms with van der Waals surface area (Å²) in [6.07, 6.45) is 1.59. The predicted octanol–water partition coefficient (Wildman–Crippen LogP) is 2.82. The maximum Gasteiger partial charge on any atom is 0.230 e. The van der Waals surface area contributed by atoms with E-state index in [-0.39, 0.29) is 17.7 Å². The number of hydrogen-bond acceptors (Lipinski definition) is 7. The molecule has 1 N–H and O–H groups in total. The number of benzene rings is 1. The van der Waals surface area contributed by atoms with E-state index in [2.05, 4.69) is 15.5 Å². The topological polar surface area (TPSA) is 91.4 Å². The summed E-state index contributed by atoms with van der Waals surface area (Å²) in [5, 5.41) is 11.9. The molecule has 0 fully saturated rings. The third kappa shape index (κ3) is 3.84. The Hall–Kier alpha value is -2.94. The smallest absolute Gasteiger partial charge is 0.230 e. The van der Waals surface area contributed by atoms with Crippen LogP contribution >= 0.6 is 11.8 Å². The summed E-state index contributed by atoms with van der Waals surface area (Å²) in [6.45, 7) is 3.02. The van der Waals surface area contributed by atoms with Gasteiger partial charge in [-0.1, -0.05) is 17.8 Å². The third-order valence-corrected chi connectivity index (χ3v) is 5.37. The zero-order valence-electron chi connectivity index (χ0n) is 15.5. The Morgan fingerprint density at radius 3 is 2.86 bits per heavy atom. The summed E-state index contributed by atoms with van der Waals surface area (Å²) < 4.78 is 18.3. The van der Waals surface area contributed by atoms with Crippen LogP contribution in [-0.4, -0.2) is 39.6 Å². The number of ether oxygens (including phenoxy) is 2. The molecule has 1 aliphatic heterocycles. The molecule has 0 radical (unpaired) electrons. The van der Waals surface area contributed by atoms with Crippen LogP contribution in [0.5, 0.6) is 11.5 Å². The molecule has 8 nitrogen and oxygen atoms in total. The van der Waals surface area contributed by atoms with Gasteiger partial charge in [0, 0.05) is 7.05 Å². The minimum absolute atomic E-state index is 0.0880. The standard InChI is InChI=1S/C19H20N4O4S/c1-12(13-5-6-14-16(10-13)27-9-8-26-14)20-17(24)11-28-19-22-21-18(23(19)2)15-4-3-7-25-15/h3-7,10,12H,8-9,11H2,1-2H3,(H,20,24)/t12-/m0/s1. The van der Waals surface area contributed by atoms with Gasteiger partial charge in [0.2, 0.25) is 5.91 Å². The van der Waals surface area contributed by atoms with E-state index in [1.807, 2.05) is 38.2 Å². The van der Waals surface area contributed by atoms with Crippen molar-refractivity contribution in [1.29, 1.82) is 0 Å². The maximum atomic E-state index is 12.4. The predicted molar refractivity (Wildman–Crippen MR) is 103 cm³/mol. The van der Waals surface area contributed by atoms with E-state index in [9.17, 15) is 4.79 Å². The highest BCUT2D eigenvalue weighted by Gasteiger charge is 2.18. The molecule has 4 rings (SSSR count). The van der Waals surface area contributed by atoms with E-state index in [0.29, 0.717) is 35.7 Å². The number of amides is 1. The summed E-state index contributed by atoms with van der Waals surface area (Å²) in [7, 11) is 1.84. The first-order valence-electron chi connectivity index (χ1n) is 8.87. The molecule has 1 amide bonds. The van der Waals surface area contributed by atoms with Gasteiger partial charge in [-0.05, 0) is 36.8 Å². The van der Waals surface area contributed by atoms with Crippen molar-refractivity contribution in [3.8, 4) is 23.1 Å². The lowest BCUT2D eigenvalue weighted by atomic mass is 10.1. The first-order chi connectivity index (χ1) is 13.6. The number of aromatic nitrogens is 3. The molecule has 1 atom stereocenters. The summed E-state index contributed by atoms with van der Waals surface area (Å²) in [6, 6.07) is 9.18. The average molecular weight is 400 g/mol. The van der Waals surface area contributed by atoms with Crippen LogP contribution in [0.4, 0.5) is 0 Å². The maximum absolute atomic E-state index is 12.4. The van der Waals surface area contributed by atoms with Crippen molar-refractivity contribution in [3.63, 3.8) is 0 Å². The molecule has 1 aromatic carbocycles. The molecule has 2 aromatic heterocycles. The normalized spacial score (nSPS) is 13.9. The number of fused-ring (bicyclic) bond motifs is 1. The van der Waals surface area contributed by atoms with E-state index in [1.54, 1.807) is 16.9 Å². The second-order valence-corrected chi connectivity index (χ2v) is 7.27. The number of carbonyl (C=O) groups is 1. The first kappa shape index (κ1) is 18.4. The van der Waals surface area contributed by atoms with Gasteiger partial charge in [-0.3, -0.25) is 4.79 Å².